The summed E-state index contributed by atoms with van der Waals surface area (Å²) in [4.78, 5) is 9.65. The summed E-state index contributed by atoms with van der Waals surface area (Å²) in [7, 11) is 0. The number of hydrogen-bond donors (Lipinski definition) is 0. The first-order valence-electron chi connectivity index (χ1n) is 7.88. The first-order valence-corrected chi connectivity index (χ1v) is 8.26. The second kappa shape index (κ2) is 5.65. The number of pyridine rings is 1. The van der Waals surface area contributed by atoms with E-state index in [1.54, 1.807) is 0 Å². The molecular weight excluding hydrogens is 294 g/mol. The van der Waals surface area contributed by atoms with Gasteiger partial charge >= 0.3 is 0 Å². The molecule has 2 atom stereocenters. The molecule has 1 fully saturated rings. The van der Waals surface area contributed by atoms with E-state index in [0.717, 1.165) is 31.9 Å². The van der Waals surface area contributed by atoms with E-state index in [-0.39, 0.29) is 0 Å². The molecule has 0 aliphatic carbocycles. The van der Waals surface area contributed by atoms with Crippen molar-refractivity contribution in [3.05, 3.63) is 64.4 Å². The maximum absolute atomic E-state index is 6.05. The minimum atomic E-state index is 0.451. The van der Waals surface area contributed by atoms with Crippen molar-refractivity contribution in [2.45, 2.75) is 32.1 Å². The van der Waals surface area contributed by atoms with E-state index in [0.29, 0.717) is 17.2 Å². The van der Waals surface area contributed by atoms with Crippen molar-refractivity contribution in [3.63, 3.8) is 0 Å². The second-order valence-corrected chi connectivity index (χ2v) is 6.77. The zero-order valence-corrected chi connectivity index (χ0v) is 13.5. The third-order valence-corrected chi connectivity index (χ3v) is 5.05. The van der Waals surface area contributed by atoms with Crippen LogP contribution in [-0.4, -0.2) is 33.9 Å². The van der Waals surface area contributed by atoms with Gasteiger partial charge in [0, 0.05) is 32.2 Å². The number of rotatable bonds is 2. The summed E-state index contributed by atoms with van der Waals surface area (Å²) in [6, 6.07) is 15.8. The van der Waals surface area contributed by atoms with Crippen molar-refractivity contribution >= 4 is 11.6 Å². The van der Waals surface area contributed by atoms with Gasteiger partial charge in [-0.2, -0.15) is 0 Å². The van der Waals surface area contributed by atoms with Gasteiger partial charge in [-0.15, -0.1) is 0 Å². The van der Waals surface area contributed by atoms with Crippen molar-refractivity contribution in [2.75, 3.05) is 13.1 Å². The molecule has 2 aliphatic rings. The van der Waals surface area contributed by atoms with Crippen LogP contribution < -0.4 is 0 Å². The molecular formula is C18H20ClN3. The van der Waals surface area contributed by atoms with Crippen LogP contribution in [0.5, 0.6) is 0 Å². The quantitative estimate of drug-likeness (QED) is 0.791. The Bertz CT molecular complexity index is 673. The number of nitrogens with zero attached hydrogens (tertiary/aromatic N) is 3. The van der Waals surface area contributed by atoms with Crippen LogP contribution in [0.4, 0.5) is 0 Å². The monoisotopic (exact) mass is 313 g/mol. The number of piperazine rings is 1. The number of aromatic nitrogens is 1. The molecule has 4 heteroatoms. The van der Waals surface area contributed by atoms with Gasteiger partial charge in [-0.05, 0) is 24.1 Å². The van der Waals surface area contributed by atoms with Crippen molar-refractivity contribution in [1.29, 1.82) is 0 Å². The Kier molecular flexibility index (Phi) is 3.65. The normalized spacial score (nSPS) is 25.0. The molecule has 1 aromatic heterocycles. The fourth-order valence-electron chi connectivity index (χ4n) is 3.81. The Balaban J connectivity index is 1.57. The Hall–Kier alpha value is -1.42. The Morgan fingerprint density at radius 2 is 1.95 bits per heavy atom. The van der Waals surface area contributed by atoms with Gasteiger partial charge in [-0.25, -0.2) is 4.98 Å². The summed E-state index contributed by atoms with van der Waals surface area (Å²) in [5.41, 5.74) is 3.90. The summed E-state index contributed by atoms with van der Waals surface area (Å²) in [6.45, 7) is 6.44. The molecule has 3 heterocycles. The molecule has 1 saturated heterocycles. The standard InChI is InChI=1S/C18H20ClN3/c1-13-9-21(10-14-5-3-2-4-6-14)12-17-15-7-8-18(19)20-16(15)11-22(13)17/h2-8,13,17H,9-12H2,1H3/t13-,17-/m1/s1. The zero-order chi connectivity index (χ0) is 15.1. The minimum absolute atomic E-state index is 0.451. The highest BCUT2D eigenvalue weighted by Crippen LogP contribution is 2.38. The molecule has 114 valence electrons. The van der Waals surface area contributed by atoms with E-state index >= 15 is 0 Å². The van der Waals surface area contributed by atoms with Crippen LogP contribution in [0.3, 0.4) is 0 Å². The fraction of sp³-hybridized carbons (Fsp3) is 0.389. The van der Waals surface area contributed by atoms with E-state index < -0.39 is 0 Å². The topological polar surface area (TPSA) is 19.4 Å². The average molecular weight is 314 g/mol. The lowest BCUT2D eigenvalue weighted by atomic mass is 10.0. The van der Waals surface area contributed by atoms with Gasteiger partial charge in [0.05, 0.1) is 11.7 Å². The van der Waals surface area contributed by atoms with Crippen molar-refractivity contribution in [3.8, 4) is 0 Å². The summed E-state index contributed by atoms with van der Waals surface area (Å²) in [5, 5.41) is 0.604. The fourth-order valence-corrected chi connectivity index (χ4v) is 3.98. The Morgan fingerprint density at radius 3 is 2.77 bits per heavy atom. The summed E-state index contributed by atoms with van der Waals surface area (Å²) in [6.07, 6.45) is 0. The van der Waals surface area contributed by atoms with Gasteiger partial charge in [-0.3, -0.25) is 9.80 Å². The average Bonchev–Trinajstić information content (AvgIpc) is 2.86. The third kappa shape index (κ3) is 2.54. The maximum atomic E-state index is 6.05. The predicted octanol–water partition coefficient (Wildman–Crippen LogP) is 3.50. The molecule has 0 saturated carbocycles. The number of hydrogen-bond acceptors (Lipinski definition) is 3. The minimum Gasteiger partial charge on any atom is -0.296 e. The lowest BCUT2D eigenvalue weighted by Gasteiger charge is -2.42. The Morgan fingerprint density at radius 1 is 1.14 bits per heavy atom. The molecule has 0 bridgehead atoms. The molecule has 0 spiro atoms. The van der Waals surface area contributed by atoms with Crippen molar-refractivity contribution < 1.29 is 0 Å². The van der Waals surface area contributed by atoms with Crippen LogP contribution >= 0.6 is 11.6 Å². The molecule has 1 aromatic carbocycles. The van der Waals surface area contributed by atoms with Gasteiger partial charge in [0.15, 0.2) is 0 Å². The molecule has 0 N–H and O–H groups in total. The van der Waals surface area contributed by atoms with Crippen LogP contribution in [0.2, 0.25) is 5.15 Å². The highest BCUT2D eigenvalue weighted by molar-refractivity contribution is 6.29. The van der Waals surface area contributed by atoms with Crippen LogP contribution in [0.15, 0.2) is 42.5 Å². The molecule has 0 radical (unpaired) electrons. The SMILES string of the molecule is C[C@@H]1CN(Cc2ccccc2)C[C@@H]2c3ccc(Cl)nc3CN12. The van der Waals surface area contributed by atoms with Gasteiger partial charge < -0.3 is 0 Å². The summed E-state index contributed by atoms with van der Waals surface area (Å²) in [5.74, 6) is 0. The predicted molar refractivity (Wildman–Crippen MR) is 88.7 cm³/mol. The van der Waals surface area contributed by atoms with Crippen LogP contribution in [0.1, 0.15) is 29.8 Å². The zero-order valence-electron chi connectivity index (χ0n) is 12.7. The first kappa shape index (κ1) is 14.2. The highest BCUT2D eigenvalue weighted by atomic mass is 35.5. The van der Waals surface area contributed by atoms with E-state index in [9.17, 15) is 0 Å². The maximum Gasteiger partial charge on any atom is 0.129 e. The molecule has 3 nitrogen and oxygen atoms in total. The lowest BCUT2D eigenvalue weighted by molar-refractivity contribution is 0.0336. The van der Waals surface area contributed by atoms with Crippen LogP contribution in [0, 0.1) is 0 Å². The van der Waals surface area contributed by atoms with E-state index in [1.807, 2.05) is 6.07 Å². The number of halogens is 1. The van der Waals surface area contributed by atoms with E-state index in [4.69, 9.17) is 11.6 Å². The molecule has 0 amide bonds. The van der Waals surface area contributed by atoms with Crippen LogP contribution in [-0.2, 0) is 13.1 Å². The van der Waals surface area contributed by atoms with E-state index in [2.05, 4.69) is 58.1 Å². The second-order valence-electron chi connectivity index (χ2n) is 6.39. The lowest BCUT2D eigenvalue weighted by Crippen LogP contribution is -2.50. The summed E-state index contributed by atoms with van der Waals surface area (Å²) < 4.78 is 0. The summed E-state index contributed by atoms with van der Waals surface area (Å²) >= 11 is 6.05. The van der Waals surface area contributed by atoms with Crippen molar-refractivity contribution in [2.24, 2.45) is 0 Å². The Labute approximate surface area is 136 Å². The molecule has 22 heavy (non-hydrogen) atoms. The molecule has 2 aromatic rings. The highest BCUT2D eigenvalue weighted by Gasteiger charge is 2.39. The molecule has 4 rings (SSSR count). The van der Waals surface area contributed by atoms with Gasteiger partial charge in [0.2, 0.25) is 0 Å². The van der Waals surface area contributed by atoms with Crippen LogP contribution in [0.25, 0.3) is 0 Å². The third-order valence-electron chi connectivity index (χ3n) is 4.84. The molecule has 2 aliphatic heterocycles. The van der Waals surface area contributed by atoms with Crippen molar-refractivity contribution in [1.82, 2.24) is 14.8 Å². The molecule has 0 unspecified atom stereocenters. The smallest absolute Gasteiger partial charge is 0.129 e. The van der Waals surface area contributed by atoms with Gasteiger partial charge in [0.25, 0.3) is 0 Å². The largest absolute Gasteiger partial charge is 0.296 e. The number of benzene rings is 1. The van der Waals surface area contributed by atoms with Gasteiger partial charge in [0.1, 0.15) is 5.15 Å². The first-order chi connectivity index (χ1) is 10.7. The number of fused-ring (bicyclic) bond motifs is 3. The van der Waals surface area contributed by atoms with Gasteiger partial charge in [-0.1, -0.05) is 48.0 Å². The van der Waals surface area contributed by atoms with E-state index in [1.165, 1.54) is 11.1 Å².